The summed E-state index contributed by atoms with van der Waals surface area (Å²) >= 11 is 0. The van der Waals surface area contributed by atoms with Crippen LogP contribution in [0.1, 0.15) is 84.1 Å². The third-order valence-electron chi connectivity index (χ3n) is 12.5. The molecule has 2 aliphatic heterocycles. The molecule has 1 aromatic rings. The van der Waals surface area contributed by atoms with Crippen molar-refractivity contribution in [1.82, 2.24) is 5.32 Å². The molecule has 9 heteroatoms. The Morgan fingerprint density at radius 3 is 2.35 bits per heavy atom. The zero-order valence-electron chi connectivity index (χ0n) is 30.4. The predicted molar refractivity (Wildman–Crippen MR) is 185 cm³/mol. The average molecular weight is 682 g/mol. The highest BCUT2D eigenvalue weighted by Gasteiger charge is 2.56. The summed E-state index contributed by atoms with van der Waals surface area (Å²) in [5, 5.41) is 3.93. The average Bonchev–Trinajstić information content (AvgIpc) is 3.68. The fourth-order valence-electron chi connectivity index (χ4n) is 10.0. The van der Waals surface area contributed by atoms with Gasteiger partial charge in [-0.3, -0.25) is 9.59 Å². The maximum atomic E-state index is 14.2. The van der Waals surface area contributed by atoms with Gasteiger partial charge in [0.15, 0.2) is 12.1 Å². The lowest BCUT2D eigenvalue weighted by atomic mass is 9.63. The van der Waals surface area contributed by atoms with Crippen LogP contribution in [0.3, 0.4) is 0 Å². The molecule has 5 aliphatic rings. The van der Waals surface area contributed by atoms with E-state index in [0.29, 0.717) is 11.8 Å². The number of Topliss-reactive ketones (excluding diaryl/α,β-unsaturated/α-hetero) is 1. The largest absolute Gasteiger partial charge is 0.462 e. The van der Waals surface area contributed by atoms with Crippen LogP contribution in [-0.2, 0) is 44.6 Å². The summed E-state index contributed by atoms with van der Waals surface area (Å²) in [5.74, 6) is 0.883. The number of cyclic esters (lactones) is 1. The van der Waals surface area contributed by atoms with Gasteiger partial charge >= 0.3 is 5.97 Å². The van der Waals surface area contributed by atoms with Gasteiger partial charge in [-0.05, 0) is 86.7 Å². The molecule has 8 unspecified atom stereocenters. The fourth-order valence-corrected chi connectivity index (χ4v) is 10.0. The van der Waals surface area contributed by atoms with Crippen molar-refractivity contribution in [2.75, 3.05) is 21.3 Å². The van der Waals surface area contributed by atoms with Crippen LogP contribution in [0.15, 0.2) is 42.0 Å². The number of ether oxygens (including phenoxy) is 6. The zero-order valence-corrected chi connectivity index (χ0v) is 30.4. The molecule has 272 valence electrons. The Morgan fingerprint density at radius 2 is 1.63 bits per heavy atom. The number of nitrogens with one attached hydrogen (secondary N) is 1. The van der Waals surface area contributed by atoms with E-state index in [0.717, 1.165) is 63.5 Å². The van der Waals surface area contributed by atoms with Gasteiger partial charge in [-0.25, -0.2) is 0 Å². The smallest absolute Gasteiger partial charge is 0.306 e. The fraction of sp³-hybridized carbons (Fsp3) is 0.750. The van der Waals surface area contributed by atoms with Crippen molar-refractivity contribution in [1.29, 1.82) is 0 Å². The molecule has 3 aliphatic carbocycles. The topological polar surface area (TPSA) is 102 Å². The first kappa shape index (κ1) is 36.6. The Hall–Kier alpha value is -2.14. The van der Waals surface area contributed by atoms with Gasteiger partial charge in [-0.1, -0.05) is 56.7 Å². The molecule has 0 spiro atoms. The van der Waals surface area contributed by atoms with Gasteiger partial charge in [0.1, 0.15) is 24.4 Å². The summed E-state index contributed by atoms with van der Waals surface area (Å²) in [6.45, 7) is 6.90. The number of fused-ring (bicyclic) bond motifs is 5. The highest BCUT2D eigenvalue weighted by atomic mass is 16.7. The Morgan fingerprint density at radius 1 is 0.898 bits per heavy atom. The van der Waals surface area contributed by atoms with Gasteiger partial charge in [0.25, 0.3) is 0 Å². The monoisotopic (exact) mass is 681 g/mol. The van der Waals surface area contributed by atoms with Crippen LogP contribution in [0.2, 0.25) is 0 Å². The van der Waals surface area contributed by atoms with Crippen molar-refractivity contribution in [2.24, 2.45) is 35.5 Å². The highest BCUT2D eigenvalue weighted by Crippen LogP contribution is 2.57. The minimum atomic E-state index is -0.579. The molecule has 6 rings (SSSR count). The summed E-state index contributed by atoms with van der Waals surface area (Å²) in [6.07, 6.45) is 7.89. The van der Waals surface area contributed by atoms with Crippen molar-refractivity contribution >= 4 is 11.8 Å². The number of rotatable bonds is 9. The summed E-state index contributed by atoms with van der Waals surface area (Å²) in [4.78, 5) is 27.8. The molecule has 4 fully saturated rings. The van der Waals surface area contributed by atoms with E-state index in [1.165, 1.54) is 5.56 Å². The van der Waals surface area contributed by atoms with Gasteiger partial charge in [0.2, 0.25) is 0 Å². The molecule has 0 aromatic heterocycles. The second-order valence-electron chi connectivity index (χ2n) is 15.3. The highest BCUT2D eigenvalue weighted by molar-refractivity contribution is 5.98. The lowest BCUT2D eigenvalue weighted by Gasteiger charge is -2.44. The van der Waals surface area contributed by atoms with Crippen molar-refractivity contribution in [3.8, 4) is 0 Å². The number of benzene rings is 1. The Balaban J connectivity index is 1.28. The molecular formula is C40H59NO8. The minimum Gasteiger partial charge on any atom is -0.462 e. The molecule has 49 heavy (non-hydrogen) atoms. The van der Waals surface area contributed by atoms with Gasteiger partial charge in [-0.15, -0.1) is 0 Å². The number of ketones is 1. The standard InChI is InChI=1S/C40H59NO8/c1-7-27-16-12-11-13-23(2)36(43)32-20-30-29-19-28(49-40-39(46-6)38(45-5)37(44-4)24(3)47-40)17-26(29)18-33(35(30)31(32)21-34(42)48-27)41-22-25-14-9-8-10-15-25/h8-10,14-15,20,23-24,26-31,33,35,37-41H,7,11-13,16-19,21-22H2,1-6H3/t23-,24?,26?,27+,28-,29-,30?,31-,33?,35-,37?,38?,39?,40?/m1/s1. The number of esters is 1. The van der Waals surface area contributed by atoms with Crippen LogP contribution in [-0.4, -0.2) is 82.0 Å². The van der Waals surface area contributed by atoms with E-state index < -0.39 is 12.4 Å². The molecule has 2 heterocycles. The second-order valence-corrected chi connectivity index (χ2v) is 15.3. The van der Waals surface area contributed by atoms with Gasteiger partial charge in [0.05, 0.1) is 18.6 Å². The normalized spacial score (nSPS) is 41.5. The molecule has 9 nitrogen and oxygen atoms in total. The van der Waals surface area contributed by atoms with Crippen LogP contribution in [0.5, 0.6) is 0 Å². The van der Waals surface area contributed by atoms with E-state index in [4.69, 9.17) is 28.4 Å². The summed E-state index contributed by atoms with van der Waals surface area (Å²) in [5.41, 5.74) is 2.09. The van der Waals surface area contributed by atoms with Crippen molar-refractivity contribution in [3.05, 3.63) is 47.5 Å². The van der Waals surface area contributed by atoms with Crippen LogP contribution in [0.4, 0.5) is 0 Å². The van der Waals surface area contributed by atoms with Crippen LogP contribution < -0.4 is 5.32 Å². The van der Waals surface area contributed by atoms with Crippen molar-refractivity contribution < 1.29 is 38.0 Å². The Bertz CT molecular complexity index is 1290. The first-order chi connectivity index (χ1) is 23.8. The van der Waals surface area contributed by atoms with Gasteiger partial charge < -0.3 is 33.7 Å². The number of carbonyl (C=O) groups is 2. The Labute approximate surface area is 293 Å². The van der Waals surface area contributed by atoms with Crippen molar-refractivity contribution in [3.63, 3.8) is 0 Å². The molecule has 0 radical (unpaired) electrons. The van der Waals surface area contributed by atoms with E-state index in [1.807, 2.05) is 13.0 Å². The van der Waals surface area contributed by atoms with E-state index >= 15 is 0 Å². The van der Waals surface area contributed by atoms with Gasteiger partial charge in [-0.2, -0.15) is 0 Å². The SMILES string of the molecule is CC[C@H]1CCCC[C@@H](C)C(=O)C2=CC3[C@@H]4C[C@H](OC5OC(C)C(OC)C(OC)C5OC)CC4CC(NCc4ccccc4)[C@H]3[C@@H]2CC(=O)O1. The third kappa shape index (κ3) is 7.87. The summed E-state index contributed by atoms with van der Waals surface area (Å²) in [6, 6.07) is 10.6. The van der Waals surface area contributed by atoms with Crippen LogP contribution >= 0.6 is 0 Å². The zero-order chi connectivity index (χ0) is 34.7. The lowest BCUT2D eigenvalue weighted by molar-refractivity contribution is -0.314. The third-order valence-corrected chi connectivity index (χ3v) is 12.5. The van der Waals surface area contributed by atoms with E-state index in [2.05, 4.69) is 49.5 Å². The molecule has 2 saturated carbocycles. The maximum Gasteiger partial charge on any atom is 0.306 e. The molecule has 1 aromatic carbocycles. The van der Waals surface area contributed by atoms with Gasteiger partial charge in [0, 0.05) is 45.8 Å². The summed E-state index contributed by atoms with van der Waals surface area (Å²) in [7, 11) is 5.01. The number of methoxy groups -OCH3 is 3. The maximum absolute atomic E-state index is 14.2. The van der Waals surface area contributed by atoms with E-state index in [-0.39, 0.29) is 78.4 Å². The first-order valence-electron chi connectivity index (χ1n) is 18.9. The summed E-state index contributed by atoms with van der Waals surface area (Å²) < 4.78 is 36.7. The molecule has 0 bridgehead atoms. The lowest BCUT2D eigenvalue weighted by Crippen LogP contribution is -2.59. The van der Waals surface area contributed by atoms with Crippen LogP contribution in [0, 0.1) is 35.5 Å². The molecular weight excluding hydrogens is 622 g/mol. The Kier molecular flexibility index (Phi) is 12.3. The number of hydrogen-bond acceptors (Lipinski definition) is 9. The predicted octanol–water partition coefficient (Wildman–Crippen LogP) is 6.03. The molecule has 0 amide bonds. The number of allylic oxidation sites excluding steroid dienone is 2. The van der Waals surface area contributed by atoms with Crippen LogP contribution in [0.25, 0.3) is 0 Å². The second kappa shape index (κ2) is 16.5. The number of hydrogen-bond donors (Lipinski definition) is 1. The number of carbonyl (C=O) groups excluding carboxylic acids is 2. The quantitative estimate of drug-likeness (QED) is 0.313. The van der Waals surface area contributed by atoms with E-state index in [9.17, 15) is 9.59 Å². The van der Waals surface area contributed by atoms with Crippen molar-refractivity contribution in [2.45, 2.75) is 134 Å². The minimum absolute atomic E-state index is 0.0233. The molecule has 14 atom stereocenters. The van der Waals surface area contributed by atoms with E-state index in [1.54, 1.807) is 21.3 Å². The first-order valence-corrected chi connectivity index (χ1v) is 18.9. The molecule has 2 saturated heterocycles. The molecule has 1 N–H and O–H groups in total.